The molecule has 2 aliphatic rings. The van der Waals surface area contributed by atoms with E-state index in [0.717, 1.165) is 36.9 Å². The monoisotopic (exact) mass is 443 g/mol. The van der Waals surface area contributed by atoms with E-state index in [-0.39, 0.29) is 24.4 Å². The third kappa shape index (κ3) is 7.31. The summed E-state index contributed by atoms with van der Waals surface area (Å²) in [7, 11) is 0. The summed E-state index contributed by atoms with van der Waals surface area (Å²) in [4.78, 5) is 41.0. The second-order valence-electron chi connectivity index (χ2n) is 9.00. The number of urea groups is 1. The van der Waals surface area contributed by atoms with Crippen molar-refractivity contribution >= 4 is 23.5 Å². The van der Waals surface area contributed by atoms with Gasteiger partial charge in [0.15, 0.2) is 0 Å². The average Bonchev–Trinajstić information content (AvgIpc) is 2.77. The number of hydrogen-bond acceptors (Lipinski definition) is 5. The average molecular weight is 444 g/mol. The first-order valence-electron chi connectivity index (χ1n) is 11.9. The van der Waals surface area contributed by atoms with Crippen molar-refractivity contribution in [2.24, 2.45) is 5.92 Å². The van der Waals surface area contributed by atoms with Gasteiger partial charge in [-0.2, -0.15) is 0 Å². The van der Waals surface area contributed by atoms with E-state index in [1.165, 1.54) is 6.42 Å². The van der Waals surface area contributed by atoms with E-state index in [2.05, 4.69) is 34.7 Å². The third-order valence-electron chi connectivity index (χ3n) is 6.55. The number of rotatable bonds is 7. The number of nitrogens with zero attached hydrogens (tertiary/aromatic N) is 2. The molecule has 2 atom stereocenters. The van der Waals surface area contributed by atoms with Crippen molar-refractivity contribution < 1.29 is 14.4 Å². The van der Waals surface area contributed by atoms with Crippen molar-refractivity contribution in [2.45, 2.75) is 52.0 Å². The molecule has 1 saturated heterocycles. The fourth-order valence-electron chi connectivity index (χ4n) is 4.55. The molecule has 1 aromatic rings. The lowest BCUT2D eigenvalue weighted by atomic mass is 9.86. The number of piperazine rings is 1. The molecule has 1 aliphatic heterocycles. The topological polar surface area (TPSA) is 93.8 Å². The Morgan fingerprint density at radius 3 is 2.22 bits per heavy atom. The number of imide groups is 1. The van der Waals surface area contributed by atoms with Gasteiger partial charge in [0.05, 0.1) is 13.1 Å². The van der Waals surface area contributed by atoms with Gasteiger partial charge in [0.2, 0.25) is 11.8 Å². The number of benzene rings is 1. The van der Waals surface area contributed by atoms with Crippen LogP contribution >= 0.6 is 0 Å². The van der Waals surface area contributed by atoms with Crippen molar-refractivity contribution in [3.63, 3.8) is 0 Å². The van der Waals surface area contributed by atoms with Crippen LogP contribution in [-0.4, -0.2) is 73.0 Å². The zero-order valence-corrected chi connectivity index (χ0v) is 19.4. The number of nitrogens with one attached hydrogen (secondary N) is 3. The van der Waals surface area contributed by atoms with E-state index >= 15 is 0 Å². The number of carbonyl (C=O) groups is 3. The minimum atomic E-state index is -0.392. The summed E-state index contributed by atoms with van der Waals surface area (Å²) >= 11 is 0. The molecule has 1 heterocycles. The number of carbonyl (C=O) groups excluding carboxylic acids is 3. The Kier molecular flexibility index (Phi) is 9.05. The molecule has 0 aromatic heterocycles. The zero-order valence-electron chi connectivity index (χ0n) is 19.4. The molecular formula is C24H37N5O3. The highest BCUT2D eigenvalue weighted by Crippen LogP contribution is 2.23. The second-order valence-corrected chi connectivity index (χ2v) is 9.00. The van der Waals surface area contributed by atoms with Gasteiger partial charge in [-0.05, 0) is 36.8 Å². The molecule has 8 nitrogen and oxygen atoms in total. The summed E-state index contributed by atoms with van der Waals surface area (Å²) in [5.74, 6) is 0.143. The largest absolute Gasteiger partial charge is 0.335 e. The van der Waals surface area contributed by atoms with Crippen molar-refractivity contribution in [2.75, 3.05) is 44.6 Å². The molecule has 32 heavy (non-hydrogen) atoms. The van der Waals surface area contributed by atoms with E-state index in [1.807, 2.05) is 29.2 Å². The molecule has 2 unspecified atom stereocenters. The summed E-state index contributed by atoms with van der Waals surface area (Å²) in [5, 5.41) is 8.43. The Hall–Kier alpha value is -2.45. The van der Waals surface area contributed by atoms with Crippen LogP contribution in [0.5, 0.6) is 0 Å². The highest BCUT2D eigenvalue weighted by atomic mass is 16.2. The number of para-hydroxylation sites is 1. The Morgan fingerprint density at radius 2 is 1.56 bits per heavy atom. The van der Waals surface area contributed by atoms with E-state index in [9.17, 15) is 14.4 Å². The maximum atomic E-state index is 12.4. The number of hydrogen-bond donors (Lipinski definition) is 3. The summed E-state index contributed by atoms with van der Waals surface area (Å²) in [6, 6.07) is 7.61. The molecule has 0 bridgehead atoms. The molecule has 0 spiro atoms. The van der Waals surface area contributed by atoms with Gasteiger partial charge in [-0.15, -0.1) is 0 Å². The van der Waals surface area contributed by atoms with Gasteiger partial charge in [-0.25, -0.2) is 4.79 Å². The third-order valence-corrected chi connectivity index (χ3v) is 6.55. The second kappa shape index (κ2) is 12.0. The van der Waals surface area contributed by atoms with E-state index < -0.39 is 6.03 Å². The predicted molar refractivity (Wildman–Crippen MR) is 125 cm³/mol. The molecule has 1 aliphatic carbocycles. The molecule has 0 radical (unpaired) electrons. The predicted octanol–water partition coefficient (Wildman–Crippen LogP) is 2.21. The smallest absolute Gasteiger partial charge is 0.321 e. The van der Waals surface area contributed by atoms with Crippen molar-refractivity contribution in [3.05, 3.63) is 29.8 Å². The molecular weight excluding hydrogens is 406 g/mol. The van der Waals surface area contributed by atoms with Gasteiger partial charge in [0.1, 0.15) is 0 Å². The zero-order chi connectivity index (χ0) is 22.9. The summed E-state index contributed by atoms with van der Waals surface area (Å²) in [6.45, 7) is 7.54. The molecule has 1 saturated carbocycles. The highest BCUT2D eigenvalue weighted by Gasteiger charge is 2.25. The lowest BCUT2D eigenvalue weighted by Crippen LogP contribution is -2.53. The van der Waals surface area contributed by atoms with Gasteiger partial charge in [-0.3, -0.25) is 24.7 Å². The standard InChI is InChI=1S/C24H37N5O3/c1-3-19-9-5-7-11-21(19)25-22(30)16-28-12-14-29(15-13-28)17-23(31)27-24(32)26-20-10-6-4-8-18(20)2/h5,7,9,11,18,20H,3-4,6,8,10,12-17H2,1-2H3,(H,25,30)(H2,26,27,31,32). The summed E-state index contributed by atoms with van der Waals surface area (Å²) < 4.78 is 0. The molecule has 176 valence electrons. The minimum absolute atomic E-state index is 0.0225. The van der Waals surface area contributed by atoms with Crippen LogP contribution in [0.1, 0.15) is 45.1 Å². The Morgan fingerprint density at radius 1 is 0.938 bits per heavy atom. The van der Waals surface area contributed by atoms with Crippen LogP contribution in [0.4, 0.5) is 10.5 Å². The maximum Gasteiger partial charge on any atom is 0.321 e. The lowest BCUT2D eigenvalue weighted by Gasteiger charge is -2.34. The normalized spacial score (nSPS) is 22.2. The molecule has 3 N–H and O–H groups in total. The van der Waals surface area contributed by atoms with Gasteiger partial charge < -0.3 is 10.6 Å². The van der Waals surface area contributed by atoms with Crippen LogP contribution in [0.25, 0.3) is 0 Å². The molecule has 3 rings (SSSR count). The van der Waals surface area contributed by atoms with E-state index in [0.29, 0.717) is 38.6 Å². The van der Waals surface area contributed by atoms with Crippen LogP contribution in [-0.2, 0) is 16.0 Å². The van der Waals surface area contributed by atoms with Crippen molar-refractivity contribution in [1.82, 2.24) is 20.4 Å². The summed E-state index contributed by atoms with van der Waals surface area (Å²) in [6.07, 6.45) is 5.29. The first-order chi connectivity index (χ1) is 15.4. The first-order valence-corrected chi connectivity index (χ1v) is 11.9. The number of aryl methyl sites for hydroxylation is 1. The Balaban J connectivity index is 1.34. The number of anilines is 1. The molecule has 8 heteroatoms. The summed E-state index contributed by atoms with van der Waals surface area (Å²) in [5.41, 5.74) is 2.00. The fraction of sp³-hybridized carbons (Fsp3) is 0.625. The molecule has 1 aromatic carbocycles. The van der Waals surface area contributed by atoms with Gasteiger partial charge >= 0.3 is 6.03 Å². The van der Waals surface area contributed by atoms with Crippen LogP contribution < -0.4 is 16.0 Å². The maximum absolute atomic E-state index is 12.4. The fourth-order valence-corrected chi connectivity index (χ4v) is 4.55. The van der Waals surface area contributed by atoms with Gasteiger partial charge in [-0.1, -0.05) is 44.9 Å². The van der Waals surface area contributed by atoms with E-state index in [4.69, 9.17) is 0 Å². The van der Waals surface area contributed by atoms with E-state index in [1.54, 1.807) is 0 Å². The van der Waals surface area contributed by atoms with Gasteiger partial charge in [0.25, 0.3) is 0 Å². The first kappa shape index (κ1) is 24.2. The number of amides is 4. The highest BCUT2D eigenvalue weighted by molar-refractivity contribution is 5.95. The Labute approximate surface area is 191 Å². The SMILES string of the molecule is CCc1ccccc1NC(=O)CN1CCN(CC(=O)NC(=O)NC2CCCCC2C)CC1. The van der Waals surface area contributed by atoms with Crippen LogP contribution in [0.2, 0.25) is 0 Å². The van der Waals surface area contributed by atoms with Gasteiger partial charge in [0, 0.05) is 37.9 Å². The molecule has 4 amide bonds. The minimum Gasteiger partial charge on any atom is -0.335 e. The van der Waals surface area contributed by atoms with Crippen molar-refractivity contribution in [1.29, 1.82) is 0 Å². The van der Waals surface area contributed by atoms with Crippen LogP contribution in [0.15, 0.2) is 24.3 Å². The van der Waals surface area contributed by atoms with Crippen LogP contribution in [0, 0.1) is 5.92 Å². The quantitative estimate of drug-likeness (QED) is 0.601. The lowest BCUT2D eigenvalue weighted by molar-refractivity contribution is -0.122. The van der Waals surface area contributed by atoms with Crippen molar-refractivity contribution in [3.8, 4) is 0 Å². The molecule has 2 fully saturated rings. The Bertz CT molecular complexity index is 792. The van der Waals surface area contributed by atoms with Crippen LogP contribution in [0.3, 0.4) is 0 Å².